The molecular formula is C14H17N5O3S. The molecule has 1 atom stereocenters. The third kappa shape index (κ3) is 3.73. The summed E-state index contributed by atoms with van der Waals surface area (Å²) < 4.78 is 5.49. The first-order valence-corrected chi connectivity index (χ1v) is 8.29. The molecule has 1 saturated heterocycles. The molecule has 0 saturated carbocycles. The van der Waals surface area contributed by atoms with E-state index in [0.29, 0.717) is 24.2 Å². The lowest BCUT2D eigenvalue weighted by molar-refractivity contribution is -0.132. The Morgan fingerprint density at radius 3 is 3.09 bits per heavy atom. The quantitative estimate of drug-likeness (QED) is 0.783. The Labute approximate surface area is 136 Å². The van der Waals surface area contributed by atoms with Crippen LogP contribution in [0.5, 0.6) is 0 Å². The number of hydrogen-bond donors (Lipinski definition) is 2. The number of nitrogens with two attached hydrogens (primary N) is 1. The summed E-state index contributed by atoms with van der Waals surface area (Å²) in [5.41, 5.74) is 6.06. The van der Waals surface area contributed by atoms with Crippen LogP contribution in [0.25, 0.3) is 11.6 Å². The Kier molecular flexibility index (Phi) is 4.65. The van der Waals surface area contributed by atoms with Gasteiger partial charge in [-0.1, -0.05) is 11.8 Å². The van der Waals surface area contributed by atoms with Crippen LogP contribution in [0.15, 0.2) is 28.0 Å². The second-order valence-electron chi connectivity index (χ2n) is 5.33. The summed E-state index contributed by atoms with van der Waals surface area (Å²) in [6, 6.07) is 3.66. The molecule has 9 heteroatoms. The van der Waals surface area contributed by atoms with Gasteiger partial charge in [-0.2, -0.15) is 0 Å². The van der Waals surface area contributed by atoms with E-state index in [-0.39, 0.29) is 23.5 Å². The van der Waals surface area contributed by atoms with Gasteiger partial charge in [-0.15, -0.1) is 10.2 Å². The third-order valence-corrected chi connectivity index (χ3v) is 4.53. The van der Waals surface area contributed by atoms with E-state index >= 15 is 0 Å². The predicted octanol–water partition coefficient (Wildman–Crippen LogP) is 0.881. The molecule has 122 valence electrons. The number of nitrogens with zero attached hydrogens (tertiary/aromatic N) is 3. The summed E-state index contributed by atoms with van der Waals surface area (Å²) >= 11 is 1.19. The molecule has 0 radical (unpaired) electrons. The van der Waals surface area contributed by atoms with Gasteiger partial charge in [0.25, 0.3) is 11.1 Å². The standard InChI is InChI=1S/C14H17N5O3S/c15-12(21)9-3-2-6-19(7-9)11(20)8-23-14-18-17-13(22-14)10-4-1-5-16-10/h1,4-5,9,16H,2-3,6-8H2,(H2,15,21)/t9-/m0/s1. The molecule has 23 heavy (non-hydrogen) atoms. The lowest BCUT2D eigenvalue weighted by Crippen LogP contribution is -2.44. The van der Waals surface area contributed by atoms with Crippen molar-refractivity contribution in [3.8, 4) is 11.6 Å². The van der Waals surface area contributed by atoms with E-state index in [1.807, 2.05) is 12.1 Å². The minimum Gasteiger partial charge on any atom is -0.410 e. The number of aromatic amines is 1. The first-order chi connectivity index (χ1) is 11.1. The maximum atomic E-state index is 12.2. The normalized spacial score (nSPS) is 18.1. The lowest BCUT2D eigenvalue weighted by atomic mass is 9.97. The summed E-state index contributed by atoms with van der Waals surface area (Å²) in [6.45, 7) is 1.05. The number of H-pyrrole nitrogens is 1. The molecular weight excluding hydrogens is 318 g/mol. The monoisotopic (exact) mass is 335 g/mol. The van der Waals surface area contributed by atoms with E-state index in [1.165, 1.54) is 11.8 Å². The minimum absolute atomic E-state index is 0.0550. The minimum atomic E-state index is -0.345. The molecule has 2 aromatic heterocycles. The second kappa shape index (κ2) is 6.86. The number of likely N-dealkylation sites (tertiary alicyclic amines) is 1. The van der Waals surface area contributed by atoms with Crippen LogP contribution in [-0.4, -0.2) is 50.7 Å². The Bertz CT molecular complexity index is 684. The number of aromatic nitrogens is 3. The number of nitrogens with one attached hydrogen (secondary N) is 1. The first-order valence-electron chi connectivity index (χ1n) is 7.30. The van der Waals surface area contributed by atoms with Crippen molar-refractivity contribution in [2.45, 2.75) is 18.1 Å². The molecule has 0 spiro atoms. The average molecular weight is 335 g/mol. The summed E-state index contributed by atoms with van der Waals surface area (Å²) in [4.78, 5) is 28.1. The maximum absolute atomic E-state index is 12.2. The van der Waals surface area contributed by atoms with Gasteiger partial charge in [0.2, 0.25) is 11.8 Å². The molecule has 1 aliphatic heterocycles. The molecule has 8 nitrogen and oxygen atoms in total. The van der Waals surface area contributed by atoms with Crippen LogP contribution in [0.4, 0.5) is 0 Å². The van der Waals surface area contributed by atoms with Gasteiger partial charge in [0, 0.05) is 19.3 Å². The highest BCUT2D eigenvalue weighted by Gasteiger charge is 2.27. The number of amides is 2. The van der Waals surface area contributed by atoms with Gasteiger partial charge in [0.15, 0.2) is 0 Å². The molecule has 2 aromatic rings. The van der Waals surface area contributed by atoms with E-state index in [0.717, 1.165) is 18.5 Å². The third-order valence-electron chi connectivity index (χ3n) is 3.73. The molecule has 3 heterocycles. The molecule has 1 aliphatic rings. The Hall–Kier alpha value is -2.29. The van der Waals surface area contributed by atoms with Crippen LogP contribution in [-0.2, 0) is 9.59 Å². The summed E-state index contributed by atoms with van der Waals surface area (Å²) in [6.07, 6.45) is 3.30. The van der Waals surface area contributed by atoms with Gasteiger partial charge in [-0.3, -0.25) is 9.59 Å². The molecule has 0 unspecified atom stereocenters. The number of carbonyl (C=O) groups is 2. The fraction of sp³-hybridized carbons (Fsp3) is 0.429. The van der Waals surface area contributed by atoms with Gasteiger partial charge in [-0.05, 0) is 25.0 Å². The summed E-state index contributed by atoms with van der Waals surface area (Å²) in [5, 5.41) is 8.18. The Balaban J connectivity index is 1.54. The zero-order chi connectivity index (χ0) is 16.2. The van der Waals surface area contributed by atoms with E-state index < -0.39 is 0 Å². The van der Waals surface area contributed by atoms with Crippen molar-refractivity contribution in [2.75, 3.05) is 18.8 Å². The zero-order valence-electron chi connectivity index (χ0n) is 12.4. The molecule has 0 aliphatic carbocycles. The molecule has 0 aromatic carbocycles. The second-order valence-corrected chi connectivity index (χ2v) is 6.25. The van der Waals surface area contributed by atoms with E-state index in [2.05, 4.69) is 15.2 Å². The number of thioether (sulfide) groups is 1. The van der Waals surface area contributed by atoms with Crippen LogP contribution in [0.1, 0.15) is 12.8 Å². The van der Waals surface area contributed by atoms with Crippen molar-refractivity contribution in [3.05, 3.63) is 18.3 Å². The van der Waals surface area contributed by atoms with Gasteiger partial charge in [0.05, 0.1) is 11.7 Å². The summed E-state index contributed by atoms with van der Waals surface area (Å²) in [5.74, 6) is -0.0711. The van der Waals surface area contributed by atoms with E-state index in [1.54, 1.807) is 11.1 Å². The molecule has 0 bridgehead atoms. The summed E-state index contributed by atoms with van der Waals surface area (Å²) in [7, 11) is 0. The SMILES string of the molecule is NC(=O)[C@H]1CCCN(C(=O)CSc2nnc(-c3ccc[nH]3)o2)C1. The number of rotatable bonds is 5. The van der Waals surface area contributed by atoms with Crippen molar-refractivity contribution in [1.82, 2.24) is 20.1 Å². The first kappa shape index (κ1) is 15.6. The number of primary amides is 1. The van der Waals surface area contributed by atoms with Crippen LogP contribution in [0.3, 0.4) is 0 Å². The van der Waals surface area contributed by atoms with Gasteiger partial charge in [0.1, 0.15) is 5.69 Å². The molecule has 1 fully saturated rings. The highest BCUT2D eigenvalue weighted by molar-refractivity contribution is 7.99. The van der Waals surface area contributed by atoms with Crippen LogP contribution >= 0.6 is 11.8 Å². The van der Waals surface area contributed by atoms with Crippen molar-refractivity contribution < 1.29 is 14.0 Å². The fourth-order valence-electron chi connectivity index (χ4n) is 2.49. The topological polar surface area (TPSA) is 118 Å². The predicted molar refractivity (Wildman–Crippen MR) is 83.3 cm³/mol. The molecule has 3 N–H and O–H groups in total. The maximum Gasteiger partial charge on any atom is 0.277 e. The van der Waals surface area contributed by atoms with E-state index in [4.69, 9.17) is 10.2 Å². The smallest absolute Gasteiger partial charge is 0.277 e. The highest BCUT2D eigenvalue weighted by atomic mass is 32.2. The number of hydrogen-bond acceptors (Lipinski definition) is 6. The molecule has 2 amide bonds. The van der Waals surface area contributed by atoms with Crippen molar-refractivity contribution in [1.29, 1.82) is 0 Å². The number of carbonyl (C=O) groups excluding carboxylic acids is 2. The van der Waals surface area contributed by atoms with Crippen LogP contribution in [0, 0.1) is 5.92 Å². The van der Waals surface area contributed by atoms with Crippen LogP contribution in [0.2, 0.25) is 0 Å². The Morgan fingerprint density at radius 1 is 1.48 bits per heavy atom. The largest absolute Gasteiger partial charge is 0.410 e. The highest BCUT2D eigenvalue weighted by Crippen LogP contribution is 2.23. The van der Waals surface area contributed by atoms with Crippen molar-refractivity contribution in [2.24, 2.45) is 11.7 Å². The van der Waals surface area contributed by atoms with Gasteiger partial charge in [-0.25, -0.2) is 0 Å². The number of piperidine rings is 1. The fourth-order valence-corrected chi connectivity index (χ4v) is 3.16. The van der Waals surface area contributed by atoms with E-state index in [9.17, 15) is 9.59 Å². The average Bonchev–Trinajstić information content (AvgIpc) is 3.23. The van der Waals surface area contributed by atoms with Crippen LogP contribution < -0.4 is 5.73 Å². The zero-order valence-corrected chi connectivity index (χ0v) is 13.2. The van der Waals surface area contributed by atoms with Gasteiger partial charge < -0.3 is 20.0 Å². The van der Waals surface area contributed by atoms with Crippen molar-refractivity contribution in [3.63, 3.8) is 0 Å². The lowest BCUT2D eigenvalue weighted by Gasteiger charge is -2.31. The van der Waals surface area contributed by atoms with Crippen molar-refractivity contribution >= 4 is 23.6 Å². The molecule has 3 rings (SSSR count). The Morgan fingerprint density at radius 2 is 2.35 bits per heavy atom. The van der Waals surface area contributed by atoms with Gasteiger partial charge >= 0.3 is 0 Å².